The molecule has 1 rings (SSSR count). The summed E-state index contributed by atoms with van der Waals surface area (Å²) in [5, 5.41) is 2.69. The van der Waals surface area contributed by atoms with Gasteiger partial charge in [-0.05, 0) is 31.7 Å². The summed E-state index contributed by atoms with van der Waals surface area (Å²) in [4.78, 5) is -0.179. The molecule has 0 saturated heterocycles. The van der Waals surface area contributed by atoms with Crippen molar-refractivity contribution in [2.45, 2.75) is 30.5 Å². The van der Waals surface area contributed by atoms with Gasteiger partial charge in [0, 0.05) is 25.1 Å². The quantitative estimate of drug-likeness (QED) is 0.596. The van der Waals surface area contributed by atoms with Crippen LogP contribution in [0.2, 0.25) is 0 Å². The Morgan fingerprint density at radius 3 is 2.48 bits per heavy atom. The maximum absolute atomic E-state index is 13.4. The summed E-state index contributed by atoms with van der Waals surface area (Å²) >= 11 is 0. The molecule has 120 valence electrons. The van der Waals surface area contributed by atoms with Crippen LogP contribution in [0.1, 0.15) is 18.4 Å². The minimum Gasteiger partial charge on any atom is -0.316 e. The molecule has 0 spiro atoms. The van der Waals surface area contributed by atoms with Crippen molar-refractivity contribution in [2.24, 2.45) is 0 Å². The van der Waals surface area contributed by atoms with Crippen LogP contribution >= 0.6 is 0 Å². The number of hydrogen-bond acceptors (Lipinski definition) is 3. The first kappa shape index (κ1) is 17.9. The number of halogens is 4. The SMILES string of the molecule is CNCc1cc(S(=O)(=O)NCCCC(F)(F)F)ccc1F. The third-order valence-corrected chi connectivity index (χ3v) is 4.08. The van der Waals surface area contributed by atoms with E-state index in [1.807, 2.05) is 0 Å². The minimum atomic E-state index is -4.32. The van der Waals surface area contributed by atoms with E-state index in [9.17, 15) is 26.0 Å². The highest BCUT2D eigenvalue weighted by atomic mass is 32.2. The van der Waals surface area contributed by atoms with E-state index in [0.717, 1.165) is 18.2 Å². The highest BCUT2D eigenvalue weighted by Crippen LogP contribution is 2.21. The lowest BCUT2D eigenvalue weighted by atomic mass is 10.2. The molecule has 21 heavy (non-hydrogen) atoms. The average molecular weight is 328 g/mol. The molecule has 0 fully saturated rings. The average Bonchev–Trinajstić information content (AvgIpc) is 2.36. The Balaban J connectivity index is 2.72. The molecule has 2 N–H and O–H groups in total. The number of rotatable bonds is 7. The van der Waals surface area contributed by atoms with Crippen LogP contribution in [0.3, 0.4) is 0 Å². The van der Waals surface area contributed by atoms with Gasteiger partial charge in [0.2, 0.25) is 10.0 Å². The second-order valence-electron chi connectivity index (χ2n) is 4.40. The predicted molar refractivity (Wildman–Crippen MR) is 69.6 cm³/mol. The molecular weight excluding hydrogens is 312 g/mol. The zero-order chi connectivity index (χ0) is 16.1. The third kappa shape index (κ3) is 5.98. The third-order valence-electron chi connectivity index (χ3n) is 2.62. The summed E-state index contributed by atoms with van der Waals surface area (Å²) in [6.07, 6.45) is -5.74. The number of nitrogens with one attached hydrogen (secondary N) is 2. The summed E-state index contributed by atoms with van der Waals surface area (Å²) in [7, 11) is -2.37. The monoisotopic (exact) mass is 328 g/mol. The maximum Gasteiger partial charge on any atom is 0.389 e. The van der Waals surface area contributed by atoms with Crippen molar-refractivity contribution in [2.75, 3.05) is 13.6 Å². The molecular formula is C12H16F4N2O2S. The van der Waals surface area contributed by atoms with E-state index in [0.29, 0.717) is 0 Å². The molecule has 0 heterocycles. The fraction of sp³-hybridized carbons (Fsp3) is 0.500. The number of sulfonamides is 1. The van der Waals surface area contributed by atoms with Crippen LogP contribution in [0.15, 0.2) is 23.1 Å². The molecule has 0 radical (unpaired) electrons. The zero-order valence-electron chi connectivity index (χ0n) is 11.3. The molecule has 0 aromatic heterocycles. The molecule has 0 amide bonds. The summed E-state index contributed by atoms with van der Waals surface area (Å²) in [5.74, 6) is -0.555. The fourth-order valence-electron chi connectivity index (χ4n) is 1.62. The van der Waals surface area contributed by atoms with Gasteiger partial charge in [0.05, 0.1) is 4.90 Å². The topological polar surface area (TPSA) is 58.2 Å². The van der Waals surface area contributed by atoms with Crippen LogP contribution in [-0.2, 0) is 16.6 Å². The molecule has 0 saturated carbocycles. The second-order valence-corrected chi connectivity index (χ2v) is 6.17. The van der Waals surface area contributed by atoms with Crippen molar-refractivity contribution in [3.8, 4) is 0 Å². The normalized spacial score (nSPS) is 12.6. The molecule has 0 aliphatic rings. The number of hydrogen-bond donors (Lipinski definition) is 2. The van der Waals surface area contributed by atoms with Crippen molar-refractivity contribution in [1.29, 1.82) is 0 Å². The van der Waals surface area contributed by atoms with E-state index in [-0.39, 0.29) is 30.0 Å². The van der Waals surface area contributed by atoms with E-state index < -0.39 is 28.4 Å². The summed E-state index contributed by atoms with van der Waals surface area (Å²) < 4.78 is 75.1. The molecule has 0 aliphatic heterocycles. The van der Waals surface area contributed by atoms with Gasteiger partial charge in [0.1, 0.15) is 5.82 Å². The van der Waals surface area contributed by atoms with Crippen LogP contribution in [-0.4, -0.2) is 28.2 Å². The van der Waals surface area contributed by atoms with E-state index >= 15 is 0 Å². The molecule has 0 unspecified atom stereocenters. The minimum absolute atomic E-state index is 0.142. The summed E-state index contributed by atoms with van der Waals surface area (Å²) in [6, 6.07) is 3.23. The predicted octanol–water partition coefficient (Wildman–Crippen LogP) is 2.17. The van der Waals surface area contributed by atoms with E-state index in [1.54, 1.807) is 7.05 Å². The smallest absolute Gasteiger partial charge is 0.316 e. The van der Waals surface area contributed by atoms with Gasteiger partial charge in [-0.3, -0.25) is 0 Å². The lowest BCUT2D eigenvalue weighted by molar-refractivity contribution is -0.135. The number of benzene rings is 1. The molecule has 1 aromatic carbocycles. The lowest BCUT2D eigenvalue weighted by Crippen LogP contribution is -2.26. The van der Waals surface area contributed by atoms with Crippen molar-refractivity contribution < 1.29 is 26.0 Å². The molecule has 4 nitrogen and oxygen atoms in total. The molecule has 9 heteroatoms. The standard InChI is InChI=1S/C12H16F4N2O2S/c1-17-8-9-7-10(3-4-11(9)13)21(19,20)18-6-2-5-12(14,15)16/h3-4,7,17-18H,2,5-6,8H2,1H3. The van der Waals surface area contributed by atoms with Gasteiger partial charge in [-0.2, -0.15) is 13.2 Å². The Bertz CT molecular complexity index is 573. The molecule has 0 aliphatic carbocycles. The molecule has 0 atom stereocenters. The summed E-state index contributed by atoms with van der Waals surface area (Å²) in [6.45, 7) is -0.191. The Hall–Kier alpha value is -1.19. The first-order valence-electron chi connectivity index (χ1n) is 6.15. The van der Waals surface area contributed by atoms with Crippen LogP contribution in [0, 0.1) is 5.82 Å². The van der Waals surface area contributed by atoms with Gasteiger partial charge in [-0.15, -0.1) is 0 Å². The van der Waals surface area contributed by atoms with E-state index in [4.69, 9.17) is 0 Å². The van der Waals surface area contributed by atoms with Crippen molar-refractivity contribution in [3.63, 3.8) is 0 Å². The zero-order valence-corrected chi connectivity index (χ0v) is 12.1. The Morgan fingerprint density at radius 2 is 1.90 bits per heavy atom. The van der Waals surface area contributed by atoms with E-state index in [1.165, 1.54) is 0 Å². The van der Waals surface area contributed by atoms with Gasteiger partial charge >= 0.3 is 6.18 Å². The van der Waals surface area contributed by atoms with Crippen molar-refractivity contribution in [3.05, 3.63) is 29.6 Å². The highest BCUT2D eigenvalue weighted by molar-refractivity contribution is 7.89. The lowest BCUT2D eigenvalue weighted by Gasteiger charge is -2.10. The first-order chi connectivity index (χ1) is 9.65. The Kier molecular flexibility index (Phi) is 6.11. The Morgan fingerprint density at radius 1 is 1.24 bits per heavy atom. The van der Waals surface area contributed by atoms with Crippen LogP contribution < -0.4 is 10.0 Å². The van der Waals surface area contributed by atoms with Crippen LogP contribution in [0.4, 0.5) is 17.6 Å². The first-order valence-corrected chi connectivity index (χ1v) is 7.63. The molecule has 1 aromatic rings. The largest absolute Gasteiger partial charge is 0.389 e. The van der Waals surface area contributed by atoms with Crippen molar-refractivity contribution >= 4 is 10.0 Å². The van der Waals surface area contributed by atoms with E-state index in [2.05, 4.69) is 10.0 Å². The Labute approximate surface area is 120 Å². The summed E-state index contributed by atoms with van der Waals surface area (Å²) in [5.41, 5.74) is 0.163. The van der Waals surface area contributed by atoms with Gasteiger partial charge in [0.15, 0.2) is 0 Å². The van der Waals surface area contributed by atoms with Gasteiger partial charge in [-0.1, -0.05) is 0 Å². The number of alkyl halides is 3. The van der Waals surface area contributed by atoms with Gasteiger partial charge < -0.3 is 5.32 Å². The highest BCUT2D eigenvalue weighted by Gasteiger charge is 2.26. The maximum atomic E-state index is 13.4. The van der Waals surface area contributed by atoms with Crippen molar-refractivity contribution in [1.82, 2.24) is 10.0 Å². The van der Waals surface area contributed by atoms with Gasteiger partial charge in [-0.25, -0.2) is 17.5 Å². The molecule has 0 bridgehead atoms. The van der Waals surface area contributed by atoms with Crippen LogP contribution in [0.5, 0.6) is 0 Å². The van der Waals surface area contributed by atoms with Gasteiger partial charge in [0.25, 0.3) is 0 Å². The fourth-order valence-corrected chi connectivity index (χ4v) is 2.75. The second kappa shape index (κ2) is 7.19. The van der Waals surface area contributed by atoms with Crippen LogP contribution in [0.25, 0.3) is 0 Å².